The van der Waals surface area contributed by atoms with Crippen LogP contribution < -0.4 is 5.32 Å². The van der Waals surface area contributed by atoms with Crippen molar-refractivity contribution in [2.75, 3.05) is 5.32 Å². The number of anilines is 1. The molecule has 0 saturated carbocycles. The molecule has 0 spiro atoms. The second-order valence-corrected chi connectivity index (χ2v) is 5.33. The van der Waals surface area contributed by atoms with Crippen molar-refractivity contribution in [3.8, 4) is 0 Å². The Morgan fingerprint density at radius 1 is 1.47 bits per heavy atom. The molecule has 0 atom stereocenters. The summed E-state index contributed by atoms with van der Waals surface area (Å²) in [7, 11) is 0. The van der Waals surface area contributed by atoms with Crippen LogP contribution in [0.5, 0.6) is 0 Å². The average molecular weight is 322 g/mol. The summed E-state index contributed by atoms with van der Waals surface area (Å²) in [5, 5.41) is 2.81. The van der Waals surface area contributed by atoms with Crippen molar-refractivity contribution >= 4 is 27.7 Å². The van der Waals surface area contributed by atoms with E-state index in [1.165, 1.54) is 0 Å². The van der Waals surface area contributed by atoms with Gasteiger partial charge in [-0.05, 0) is 47.0 Å². The summed E-state index contributed by atoms with van der Waals surface area (Å²) >= 11 is 3.40. The van der Waals surface area contributed by atoms with Gasteiger partial charge in [0.1, 0.15) is 11.5 Å². The van der Waals surface area contributed by atoms with Crippen molar-refractivity contribution in [2.45, 2.75) is 26.8 Å². The molecule has 0 saturated heterocycles. The van der Waals surface area contributed by atoms with Crippen molar-refractivity contribution in [1.29, 1.82) is 0 Å². The van der Waals surface area contributed by atoms with E-state index < -0.39 is 0 Å². The van der Waals surface area contributed by atoms with Gasteiger partial charge in [-0.1, -0.05) is 13.0 Å². The van der Waals surface area contributed by atoms with Gasteiger partial charge in [0.15, 0.2) is 0 Å². The maximum Gasteiger partial charge on any atom is 0.273 e. The summed E-state index contributed by atoms with van der Waals surface area (Å²) in [5.74, 6) is 0.423. The first-order valence-corrected chi connectivity index (χ1v) is 6.99. The van der Waals surface area contributed by atoms with E-state index in [2.05, 4.69) is 33.2 Å². The average Bonchev–Trinajstić information content (AvgIpc) is 2.74. The van der Waals surface area contributed by atoms with Gasteiger partial charge in [0, 0.05) is 23.4 Å². The lowest BCUT2D eigenvalue weighted by Gasteiger charge is -2.08. The van der Waals surface area contributed by atoms with E-state index in [1.807, 2.05) is 29.8 Å². The minimum absolute atomic E-state index is 0.143. The van der Waals surface area contributed by atoms with Crippen molar-refractivity contribution in [2.24, 2.45) is 0 Å². The summed E-state index contributed by atoms with van der Waals surface area (Å²) < 4.78 is 2.84. The van der Waals surface area contributed by atoms with Gasteiger partial charge in [0.2, 0.25) is 0 Å². The summed E-state index contributed by atoms with van der Waals surface area (Å²) in [6.45, 7) is 4.86. The molecule has 19 heavy (non-hydrogen) atoms. The number of nitrogens with one attached hydrogen (secondary N) is 1. The highest BCUT2D eigenvalue weighted by molar-refractivity contribution is 9.10. The maximum atomic E-state index is 12.2. The first-order chi connectivity index (χ1) is 9.10. The van der Waals surface area contributed by atoms with Gasteiger partial charge < -0.3 is 9.88 Å². The van der Waals surface area contributed by atoms with E-state index in [9.17, 15) is 4.79 Å². The minimum atomic E-state index is -0.143. The predicted octanol–water partition coefficient (Wildman–Crippen LogP) is 3.62. The molecule has 2 heterocycles. The number of rotatable bonds is 4. The molecular weight excluding hydrogens is 306 g/mol. The van der Waals surface area contributed by atoms with Crippen LogP contribution in [0.4, 0.5) is 5.82 Å². The number of carbonyl (C=O) groups excluding carboxylic acids is 1. The van der Waals surface area contributed by atoms with Crippen LogP contribution in [0.3, 0.4) is 0 Å². The molecule has 4 nitrogen and oxygen atoms in total. The fourth-order valence-electron chi connectivity index (χ4n) is 1.81. The molecule has 0 aliphatic heterocycles. The third kappa shape index (κ3) is 3.44. The van der Waals surface area contributed by atoms with Crippen LogP contribution in [-0.2, 0) is 6.54 Å². The molecular formula is C14H16BrN3O. The molecule has 100 valence electrons. The fourth-order valence-corrected chi connectivity index (χ4v) is 2.28. The van der Waals surface area contributed by atoms with Crippen molar-refractivity contribution in [3.05, 3.63) is 46.3 Å². The van der Waals surface area contributed by atoms with E-state index in [0.717, 1.165) is 23.0 Å². The Morgan fingerprint density at radius 2 is 2.26 bits per heavy atom. The Kier molecular flexibility index (Phi) is 4.37. The topological polar surface area (TPSA) is 46.9 Å². The van der Waals surface area contributed by atoms with Crippen LogP contribution in [0.15, 0.2) is 35.1 Å². The highest BCUT2D eigenvalue weighted by atomic mass is 79.9. The molecule has 0 aromatic carbocycles. The number of amides is 1. The highest BCUT2D eigenvalue weighted by Crippen LogP contribution is 2.17. The summed E-state index contributed by atoms with van der Waals surface area (Å²) in [6.07, 6.45) is 4.63. The van der Waals surface area contributed by atoms with Gasteiger partial charge in [-0.2, -0.15) is 0 Å². The molecule has 1 N–H and O–H groups in total. The summed E-state index contributed by atoms with van der Waals surface area (Å²) in [6, 6.07) is 5.54. The van der Waals surface area contributed by atoms with Crippen molar-refractivity contribution in [1.82, 2.24) is 9.55 Å². The minimum Gasteiger partial charge on any atom is -0.342 e. The lowest BCUT2D eigenvalue weighted by molar-refractivity contribution is 0.101. The lowest BCUT2D eigenvalue weighted by Crippen LogP contribution is -2.17. The van der Waals surface area contributed by atoms with Gasteiger partial charge in [-0.25, -0.2) is 4.98 Å². The molecule has 1 amide bonds. The number of nitrogens with zero attached hydrogens (tertiary/aromatic N) is 2. The Hall–Kier alpha value is -1.62. The molecule has 0 unspecified atom stereocenters. The Morgan fingerprint density at radius 3 is 2.89 bits per heavy atom. The van der Waals surface area contributed by atoms with E-state index >= 15 is 0 Å². The monoisotopic (exact) mass is 321 g/mol. The van der Waals surface area contributed by atoms with Crippen LogP contribution >= 0.6 is 15.9 Å². The molecule has 0 bridgehead atoms. The number of aromatic nitrogens is 2. The normalized spacial score (nSPS) is 10.5. The number of halogens is 1. The van der Waals surface area contributed by atoms with E-state index in [-0.39, 0.29) is 5.91 Å². The van der Waals surface area contributed by atoms with Crippen LogP contribution in [-0.4, -0.2) is 15.5 Å². The Bertz CT molecular complexity index is 575. The zero-order valence-corrected chi connectivity index (χ0v) is 12.6. The zero-order valence-electron chi connectivity index (χ0n) is 11.0. The molecule has 0 aliphatic carbocycles. The highest BCUT2D eigenvalue weighted by Gasteiger charge is 2.13. The van der Waals surface area contributed by atoms with Crippen LogP contribution in [0, 0.1) is 6.92 Å². The zero-order chi connectivity index (χ0) is 13.8. The van der Waals surface area contributed by atoms with Gasteiger partial charge in [-0.15, -0.1) is 0 Å². The van der Waals surface area contributed by atoms with Crippen molar-refractivity contribution < 1.29 is 4.79 Å². The second kappa shape index (κ2) is 6.02. The SMILES string of the molecule is CCCn1cc(Br)cc1C(=O)Nc1ccc(C)cn1. The second-order valence-electron chi connectivity index (χ2n) is 4.41. The summed E-state index contributed by atoms with van der Waals surface area (Å²) in [5.41, 5.74) is 1.70. The van der Waals surface area contributed by atoms with Gasteiger partial charge >= 0.3 is 0 Å². The first kappa shape index (κ1) is 13.8. The number of aryl methyl sites for hydroxylation is 2. The number of carbonyl (C=O) groups is 1. The standard InChI is InChI=1S/C14H16BrN3O/c1-3-6-18-9-11(15)7-12(18)14(19)17-13-5-4-10(2)8-16-13/h4-5,7-9H,3,6H2,1-2H3,(H,16,17,19). The number of hydrogen-bond acceptors (Lipinski definition) is 2. The van der Waals surface area contributed by atoms with Crippen LogP contribution in [0.1, 0.15) is 29.4 Å². The molecule has 0 fully saturated rings. The predicted molar refractivity (Wildman–Crippen MR) is 79.4 cm³/mol. The molecule has 0 aliphatic rings. The maximum absolute atomic E-state index is 12.2. The van der Waals surface area contributed by atoms with E-state index in [4.69, 9.17) is 0 Å². The van der Waals surface area contributed by atoms with Gasteiger partial charge in [0.05, 0.1) is 0 Å². The largest absolute Gasteiger partial charge is 0.342 e. The third-order valence-corrected chi connectivity index (χ3v) is 3.15. The molecule has 2 aromatic rings. The molecule has 0 radical (unpaired) electrons. The molecule has 5 heteroatoms. The van der Waals surface area contributed by atoms with Gasteiger partial charge in [0.25, 0.3) is 5.91 Å². The van der Waals surface area contributed by atoms with Gasteiger partial charge in [-0.3, -0.25) is 4.79 Å². The van der Waals surface area contributed by atoms with Crippen LogP contribution in [0.2, 0.25) is 0 Å². The Labute approximate surface area is 121 Å². The van der Waals surface area contributed by atoms with E-state index in [0.29, 0.717) is 11.5 Å². The molecule has 2 aromatic heterocycles. The lowest BCUT2D eigenvalue weighted by atomic mass is 10.3. The quantitative estimate of drug-likeness (QED) is 0.934. The summed E-state index contributed by atoms with van der Waals surface area (Å²) in [4.78, 5) is 16.4. The number of pyridine rings is 1. The number of hydrogen-bond donors (Lipinski definition) is 1. The Balaban J connectivity index is 2.17. The third-order valence-electron chi connectivity index (χ3n) is 2.71. The fraction of sp³-hybridized carbons (Fsp3) is 0.286. The van der Waals surface area contributed by atoms with E-state index in [1.54, 1.807) is 12.3 Å². The van der Waals surface area contributed by atoms with Crippen LogP contribution in [0.25, 0.3) is 0 Å². The van der Waals surface area contributed by atoms with Crippen molar-refractivity contribution in [3.63, 3.8) is 0 Å². The smallest absolute Gasteiger partial charge is 0.273 e. The first-order valence-electron chi connectivity index (χ1n) is 6.20. The molecule has 2 rings (SSSR count).